The van der Waals surface area contributed by atoms with Crippen molar-refractivity contribution in [1.29, 1.82) is 0 Å². The molecule has 0 radical (unpaired) electrons. The minimum atomic E-state index is -0.809. The van der Waals surface area contributed by atoms with E-state index in [1.807, 2.05) is 18.2 Å². The number of carbonyl (C=O) groups excluding carboxylic acids is 2. The topological polar surface area (TPSA) is 113 Å². The molecule has 0 atom stereocenters. The molecule has 2 heterocycles. The minimum absolute atomic E-state index is 0.0804. The average Bonchev–Trinajstić information content (AvgIpc) is 3.26. The summed E-state index contributed by atoms with van der Waals surface area (Å²) < 4.78 is 16.7. The maximum Gasteiger partial charge on any atom is 0.359 e. The molecule has 0 saturated carbocycles. The van der Waals surface area contributed by atoms with Crippen LogP contribution in [0.5, 0.6) is 5.75 Å². The average molecular weight is 397 g/mol. The van der Waals surface area contributed by atoms with Gasteiger partial charge in [0.1, 0.15) is 18.1 Å². The SMILES string of the molecule is O=C(COC(=O)c1ccc(=O)n(CCOc2ccccc2)n1)NCc1ccco1. The molecule has 1 N–H and O–H groups in total. The van der Waals surface area contributed by atoms with Crippen LogP contribution >= 0.6 is 0 Å². The largest absolute Gasteiger partial charge is 0.492 e. The van der Waals surface area contributed by atoms with E-state index in [1.165, 1.54) is 18.4 Å². The summed E-state index contributed by atoms with van der Waals surface area (Å²) in [7, 11) is 0. The molecule has 0 aliphatic carbocycles. The van der Waals surface area contributed by atoms with Gasteiger partial charge in [0.05, 0.1) is 19.4 Å². The second kappa shape index (κ2) is 9.88. The molecule has 1 aromatic carbocycles. The van der Waals surface area contributed by atoms with Gasteiger partial charge in [0, 0.05) is 6.07 Å². The highest BCUT2D eigenvalue weighted by molar-refractivity contribution is 5.89. The Labute approximate surface area is 165 Å². The van der Waals surface area contributed by atoms with Crippen LogP contribution in [0.2, 0.25) is 0 Å². The zero-order valence-corrected chi connectivity index (χ0v) is 15.4. The molecule has 0 saturated heterocycles. The van der Waals surface area contributed by atoms with Crippen molar-refractivity contribution < 1.29 is 23.5 Å². The van der Waals surface area contributed by atoms with E-state index >= 15 is 0 Å². The highest BCUT2D eigenvalue weighted by Gasteiger charge is 2.13. The van der Waals surface area contributed by atoms with Crippen molar-refractivity contribution in [2.24, 2.45) is 0 Å². The summed E-state index contributed by atoms with van der Waals surface area (Å²) in [4.78, 5) is 35.8. The molecule has 3 aromatic rings. The van der Waals surface area contributed by atoms with Crippen LogP contribution in [0, 0.1) is 0 Å². The van der Waals surface area contributed by atoms with E-state index in [0.29, 0.717) is 11.5 Å². The summed E-state index contributed by atoms with van der Waals surface area (Å²) in [6.07, 6.45) is 1.49. The van der Waals surface area contributed by atoms with Gasteiger partial charge in [-0.2, -0.15) is 5.10 Å². The van der Waals surface area contributed by atoms with Gasteiger partial charge in [-0.1, -0.05) is 18.2 Å². The zero-order valence-electron chi connectivity index (χ0n) is 15.4. The van der Waals surface area contributed by atoms with Crippen molar-refractivity contribution in [1.82, 2.24) is 15.1 Å². The van der Waals surface area contributed by atoms with Gasteiger partial charge in [-0.15, -0.1) is 0 Å². The Morgan fingerprint density at radius 3 is 2.66 bits per heavy atom. The molecule has 9 heteroatoms. The number of hydrogen-bond donors (Lipinski definition) is 1. The van der Waals surface area contributed by atoms with Crippen LogP contribution in [0.25, 0.3) is 0 Å². The summed E-state index contributed by atoms with van der Waals surface area (Å²) in [5.74, 6) is -0.0528. The lowest BCUT2D eigenvalue weighted by Crippen LogP contribution is -2.30. The number of rotatable bonds is 9. The monoisotopic (exact) mass is 397 g/mol. The maximum absolute atomic E-state index is 12.1. The van der Waals surface area contributed by atoms with E-state index in [4.69, 9.17) is 13.9 Å². The Morgan fingerprint density at radius 1 is 1.07 bits per heavy atom. The van der Waals surface area contributed by atoms with Crippen LogP contribution < -0.4 is 15.6 Å². The quantitative estimate of drug-likeness (QED) is 0.543. The number of nitrogens with one attached hydrogen (secondary N) is 1. The minimum Gasteiger partial charge on any atom is -0.492 e. The zero-order chi connectivity index (χ0) is 20.5. The molecule has 0 unspecified atom stereocenters. The fourth-order valence-electron chi connectivity index (χ4n) is 2.34. The van der Waals surface area contributed by atoms with Crippen molar-refractivity contribution in [2.45, 2.75) is 13.1 Å². The molecule has 9 nitrogen and oxygen atoms in total. The summed E-state index contributed by atoms with van der Waals surface area (Å²) in [6, 6.07) is 15.0. The third-order valence-electron chi connectivity index (χ3n) is 3.77. The first-order valence-electron chi connectivity index (χ1n) is 8.84. The number of esters is 1. The standard InChI is InChI=1S/C20H19N3O6/c24-18(21-13-16-7-4-11-27-16)14-29-20(26)17-8-9-19(25)23(22-17)10-12-28-15-5-2-1-3-6-15/h1-9,11H,10,12-14H2,(H,21,24). The molecule has 3 rings (SSSR count). The Hall–Kier alpha value is -3.88. The van der Waals surface area contributed by atoms with Gasteiger partial charge in [-0.25, -0.2) is 9.48 Å². The summed E-state index contributed by atoms with van der Waals surface area (Å²) >= 11 is 0. The first-order chi connectivity index (χ1) is 14.1. The molecular formula is C20H19N3O6. The van der Waals surface area contributed by atoms with Crippen molar-refractivity contribution in [3.8, 4) is 5.75 Å². The second-order valence-electron chi connectivity index (χ2n) is 5.87. The third-order valence-corrected chi connectivity index (χ3v) is 3.77. The van der Waals surface area contributed by atoms with Gasteiger partial charge in [-0.3, -0.25) is 9.59 Å². The van der Waals surface area contributed by atoms with Gasteiger partial charge in [0.2, 0.25) is 0 Å². The second-order valence-corrected chi connectivity index (χ2v) is 5.87. The number of amides is 1. The van der Waals surface area contributed by atoms with Crippen LogP contribution in [0.15, 0.2) is 70.1 Å². The molecule has 0 fully saturated rings. The number of carbonyl (C=O) groups is 2. The van der Waals surface area contributed by atoms with E-state index in [1.54, 1.807) is 24.3 Å². The lowest BCUT2D eigenvalue weighted by molar-refractivity contribution is -0.124. The number of benzene rings is 1. The number of nitrogens with zero attached hydrogens (tertiary/aromatic N) is 2. The van der Waals surface area contributed by atoms with Crippen LogP contribution in [-0.2, 0) is 22.6 Å². The van der Waals surface area contributed by atoms with Crippen LogP contribution in [0.4, 0.5) is 0 Å². The van der Waals surface area contributed by atoms with Gasteiger partial charge >= 0.3 is 5.97 Å². The van der Waals surface area contributed by atoms with Crippen molar-refractivity contribution in [2.75, 3.05) is 13.2 Å². The molecule has 0 aliphatic heterocycles. The first kappa shape index (κ1) is 19.9. The molecule has 0 bridgehead atoms. The Bertz CT molecular complexity index is 999. The predicted molar refractivity (Wildman–Crippen MR) is 101 cm³/mol. The first-order valence-corrected chi connectivity index (χ1v) is 8.84. The van der Waals surface area contributed by atoms with E-state index in [-0.39, 0.29) is 30.9 Å². The molecule has 1 amide bonds. The van der Waals surface area contributed by atoms with Gasteiger partial charge in [0.25, 0.3) is 11.5 Å². The summed E-state index contributed by atoms with van der Waals surface area (Å²) in [6.45, 7) is 0.0640. The normalized spacial score (nSPS) is 10.3. The molecule has 0 spiro atoms. The van der Waals surface area contributed by atoms with Crippen molar-refractivity contribution in [3.63, 3.8) is 0 Å². The van der Waals surface area contributed by atoms with E-state index < -0.39 is 18.5 Å². The maximum atomic E-state index is 12.1. The number of ether oxygens (including phenoxy) is 2. The van der Waals surface area contributed by atoms with Crippen LogP contribution in [0.1, 0.15) is 16.2 Å². The summed E-state index contributed by atoms with van der Waals surface area (Å²) in [5.41, 5.74) is -0.461. The number of furan rings is 1. The highest BCUT2D eigenvalue weighted by Crippen LogP contribution is 2.07. The number of para-hydroxylation sites is 1. The predicted octanol–water partition coefficient (Wildman–Crippen LogP) is 1.39. The van der Waals surface area contributed by atoms with Gasteiger partial charge < -0.3 is 19.2 Å². The highest BCUT2D eigenvalue weighted by atomic mass is 16.5. The van der Waals surface area contributed by atoms with Gasteiger partial charge in [0.15, 0.2) is 12.3 Å². The Morgan fingerprint density at radius 2 is 1.90 bits per heavy atom. The number of hydrogen-bond acceptors (Lipinski definition) is 7. The fourth-order valence-corrected chi connectivity index (χ4v) is 2.34. The Balaban J connectivity index is 1.49. The molecule has 150 valence electrons. The van der Waals surface area contributed by atoms with Crippen LogP contribution in [-0.4, -0.2) is 34.9 Å². The lowest BCUT2D eigenvalue weighted by Gasteiger charge is -2.09. The lowest BCUT2D eigenvalue weighted by atomic mass is 10.3. The van der Waals surface area contributed by atoms with E-state index in [9.17, 15) is 14.4 Å². The number of aromatic nitrogens is 2. The van der Waals surface area contributed by atoms with E-state index in [0.717, 1.165) is 4.68 Å². The van der Waals surface area contributed by atoms with Crippen molar-refractivity contribution in [3.05, 3.63) is 82.7 Å². The van der Waals surface area contributed by atoms with Gasteiger partial charge in [-0.05, 0) is 30.3 Å². The smallest absolute Gasteiger partial charge is 0.359 e. The molecular weight excluding hydrogens is 378 g/mol. The fraction of sp³-hybridized carbons (Fsp3) is 0.200. The molecule has 2 aromatic heterocycles. The molecule has 0 aliphatic rings. The van der Waals surface area contributed by atoms with E-state index in [2.05, 4.69) is 10.4 Å². The van der Waals surface area contributed by atoms with Crippen LogP contribution in [0.3, 0.4) is 0 Å². The van der Waals surface area contributed by atoms with Crippen molar-refractivity contribution >= 4 is 11.9 Å². The third kappa shape index (κ3) is 6.06. The Kier molecular flexibility index (Phi) is 6.77. The summed E-state index contributed by atoms with van der Waals surface area (Å²) in [5, 5.41) is 6.52. The molecule has 29 heavy (non-hydrogen) atoms.